The number of nitrogens with two attached hydrogens (primary N) is 1. The molecule has 98 valence electrons. The highest BCUT2D eigenvalue weighted by Gasteiger charge is 2.32. The fourth-order valence-corrected chi connectivity index (χ4v) is 2.26. The van der Waals surface area contributed by atoms with Crippen LogP contribution in [0.4, 0.5) is 0 Å². The van der Waals surface area contributed by atoms with Crippen LogP contribution in [0.3, 0.4) is 0 Å². The molecule has 0 bridgehead atoms. The molecule has 4 N–H and O–H groups in total. The van der Waals surface area contributed by atoms with Gasteiger partial charge in [0.15, 0.2) is 0 Å². The normalized spacial score (nSPS) is 23.5. The lowest BCUT2D eigenvalue weighted by atomic mass is 10.1. The first-order valence-electron chi connectivity index (χ1n) is 5.94. The second kappa shape index (κ2) is 5.48. The minimum atomic E-state index is -0.713. The van der Waals surface area contributed by atoms with E-state index in [0.717, 1.165) is 11.1 Å². The first kappa shape index (κ1) is 13.0. The van der Waals surface area contributed by atoms with Gasteiger partial charge >= 0.3 is 0 Å². The number of nitrogens with one attached hydrogen (secondary N) is 1. The Morgan fingerprint density at radius 1 is 1.61 bits per heavy atom. The van der Waals surface area contributed by atoms with E-state index in [0.29, 0.717) is 6.42 Å². The molecule has 18 heavy (non-hydrogen) atoms. The minimum absolute atomic E-state index is 0.163. The number of hydrogen-bond acceptors (Lipinski definition) is 4. The lowest BCUT2D eigenvalue weighted by Crippen LogP contribution is -2.46. The van der Waals surface area contributed by atoms with E-state index in [1.807, 2.05) is 24.3 Å². The molecular formula is C13H18N2O3. The van der Waals surface area contributed by atoms with Crippen molar-refractivity contribution < 1.29 is 14.6 Å². The Kier molecular flexibility index (Phi) is 3.96. The molecule has 0 radical (unpaired) electrons. The molecule has 0 heterocycles. The van der Waals surface area contributed by atoms with E-state index in [-0.39, 0.29) is 18.6 Å². The number of hydrogen-bond donors (Lipinski definition) is 3. The monoisotopic (exact) mass is 250 g/mol. The summed E-state index contributed by atoms with van der Waals surface area (Å²) in [4.78, 5) is 11.8. The van der Waals surface area contributed by atoms with Crippen LogP contribution in [0.5, 0.6) is 0 Å². The summed E-state index contributed by atoms with van der Waals surface area (Å²) in [5, 5.41) is 12.8. The molecule has 0 spiro atoms. The number of rotatable bonds is 4. The second-order valence-electron chi connectivity index (χ2n) is 4.52. The highest BCUT2D eigenvalue weighted by Crippen LogP contribution is 2.31. The predicted octanol–water partition coefficient (Wildman–Crippen LogP) is -0.265. The molecule has 1 aromatic carbocycles. The molecule has 3 atom stereocenters. The quantitative estimate of drug-likeness (QED) is 0.687. The van der Waals surface area contributed by atoms with Crippen LogP contribution >= 0.6 is 0 Å². The number of benzene rings is 1. The molecule has 1 aliphatic rings. The van der Waals surface area contributed by atoms with Crippen LogP contribution in [-0.4, -0.2) is 36.9 Å². The van der Waals surface area contributed by atoms with Crippen molar-refractivity contribution in [3.05, 3.63) is 35.4 Å². The number of aliphatic hydroxyl groups is 1. The molecular weight excluding hydrogens is 232 g/mol. The fourth-order valence-electron chi connectivity index (χ4n) is 2.26. The molecule has 0 saturated carbocycles. The van der Waals surface area contributed by atoms with Gasteiger partial charge in [-0.1, -0.05) is 24.3 Å². The van der Waals surface area contributed by atoms with E-state index in [1.54, 1.807) is 0 Å². The van der Waals surface area contributed by atoms with Crippen LogP contribution < -0.4 is 11.1 Å². The zero-order valence-electron chi connectivity index (χ0n) is 10.3. The highest BCUT2D eigenvalue weighted by molar-refractivity contribution is 5.82. The van der Waals surface area contributed by atoms with Crippen molar-refractivity contribution in [1.29, 1.82) is 0 Å². The number of aliphatic hydroxyl groups excluding tert-OH is 1. The summed E-state index contributed by atoms with van der Waals surface area (Å²) in [5.41, 5.74) is 7.68. The van der Waals surface area contributed by atoms with Crippen LogP contribution in [0.1, 0.15) is 17.2 Å². The van der Waals surface area contributed by atoms with Gasteiger partial charge < -0.3 is 20.9 Å². The fraction of sp³-hybridized carbons (Fsp3) is 0.462. The van der Waals surface area contributed by atoms with E-state index in [4.69, 9.17) is 10.5 Å². The van der Waals surface area contributed by atoms with Crippen LogP contribution in [0, 0.1) is 0 Å². The third kappa shape index (κ3) is 2.53. The number of amides is 1. The Hall–Kier alpha value is -1.43. The lowest BCUT2D eigenvalue weighted by Gasteiger charge is -2.20. The Morgan fingerprint density at radius 2 is 2.33 bits per heavy atom. The zero-order valence-corrected chi connectivity index (χ0v) is 10.3. The minimum Gasteiger partial charge on any atom is -0.390 e. The molecule has 0 fully saturated rings. The van der Waals surface area contributed by atoms with Crippen LogP contribution in [0.15, 0.2) is 24.3 Å². The molecule has 0 saturated heterocycles. The second-order valence-corrected chi connectivity index (χ2v) is 4.52. The molecule has 1 amide bonds. The van der Waals surface area contributed by atoms with Gasteiger partial charge in [-0.2, -0.15) is 0 Å². The summed E-state index contributed by atoms with van der Waals surface area (Å²) in [5.74, 6) is -0.308. The van der Waals surface area contributed by atoms with E-state index in [9.17, 15) is 9.90 Å². The first-order valence-corrected chi connectivity index (χ1v) is 5.94. The van der Waals surface area contributed by atoms with Crippen molar-refractivity contribution >= 4 is 5.91 Å². The van der Waals surface area contributed by atoms with Gasteiger partial charge in [0.25, 0.3) is 0 Å². The van der Waals surface area contributed by atoms with Gasteiger partial charge in [-0.3, -0.25) is 4.79 Å². The third-order valence-electron chi connectivity index (χ3n) is 3.18. The van der Waals surface area contributed by atoms with Crippen LogP contribution in [0.2, 0.25) is 0 Å². The maximum Gasteiger partial charge on any atom is 0.239 e. The summed E-state index contributed by atoms with van der Waals surface area (Å²) < 4.78 is 4.84. The molecule has 0 aromatic heterocycles. The first-order chi connectivity index (χ1) is 8.63. The average Bonchev–Trinajstić information content (AvgIpc) is 2.66. The standard InChI is InChI=1S/C13H18N2O3/c1-18-7-10(14)13(17)15-12-9-5-3-2-4-8(9)6-11(12)16/h2-5,10-12,16H,6-7,14H2,1H3,(H,15,17)/t10?,11-,12+/m1/s1. The van der Waals surface area contributed by atoms with Crippen molar-refractivity contribution in [2.75, 3.05) is 13.7 Å². The van der Waals surface area contributed by atoms with Gasteiger partial charge in [-0.05, 0) is 11.1 Å². The summed E-state index contributed by atoms with van der Waals surface area (Å²) in [6, 6.07) is 6.60. The summed E-state index contributed by atoms with van der Waals surface area (Å²) in [6.07, 6.45) is -0.0400. The topological polar surface area (TPSA) is 84.6 Å². The van der Waals surface area contributed by atoms with Crippen molar-refractivity contribution in [3.63, 3.8) is 0 Å². The van der Waals surface area contributed by atoms with E-state index in [2.05, 4.69) is 5.32 Å². The molecule has 0 aliphatic heterocycles. The summed E-state index contributed by atoms with van der Waals surface area (Å²) in [6.45, 7) is 0.163. The van der Waals surface area contributed by atoms with Crippen LogP contribution in [-0.2, 0) is 16.0 Å². The molecule has 5 nitrogen and oxygen atoms in total. The number of methoxy groups -OCH3 is 1. The largest absolute Gasteiger partial charge is 0.390 e. The van der Waals surface area contributed by atoms with Crippen molar-refractivity contribution in [1.82, 2.24) is 5.32 Å². The van der Waals surface area contributed by atoms with Crippen molar-refractivity contribution in [2.45, 2.75) is 24.6 Å². The Balaban J connectivity index is 2.08. The summed E-state index contributed by atoms with van der Waals surface area (Å²) in [7, 11) is 1.49. The predicted molar refractivity (Wildman–Crippen MR) is 66.9 cm³/mol. The van der Waals surface area contributed by atoms with Gasteiger partial charge in [-0.15, -0.1) is 0 Å². The maximum atomic E-state index is 11.8. The van der Waals surface area contributed by atoms with Crippen molar-refractivity contribution in [2.24, 2.45) is 5.73 Å². The lowest BCUT2D eigenvalue weighted by molar-refractivity contribution is -0.125. The van der Waals surface area contributed by atoms with Gasteiger partial charge in [0.1, 0.15) is 6.04 Å². The van der Waals surface area contributed by atoms with Gasteiger partial charge in [0.05, 0.1) is 18.8 Å². The average molecular weight is 250 g/mol. The Labute approximate surface area is 106 Å². The molecule has 1 aliphatic carbocycles. The number of carbonyl (C=O) groups is 1. The summed E-state index contributed by atoms with van der Waals surface area (Å²) >= 11 is 0. The maximum absolute atomic E-state index is 11.8. The van der Waals surface area contributed by atoms with Gasteiger partial charge in [0, 0.05) is 13.5 Å². The number of carbonyl (C=O) groups excluding carboxylic acids is 1. The van der Waals surface area contributed by atoms with E-state index < -0.39 is 12.1 Å². The highest BCUT2D eigenvalue weighted by atomic mass is 16.5. The Bertz CT molecular complexity index is 436. The molecule has 1 aromatic rings. The Morgan fingerprint density at radius 3 is 3.06 bits per heavy atom. The van der Waals surface area contributed by atoms with Gasteiger partial charge in [0.2, 0.25) is 5.91 Å². The van der Waals surface area contributed by atoms with Crippen LogP contribution in [0.25, 0.3) is 0 Å². The third-order valence-corrected chi connectivity index (χ3v) is 3.18. The molecule has 2 rings (SSSR count). The molecule has 5 heteroatoms. The smallest absolute Gasteiger partial charge is 0.239 e. The van der Waals surface area contributed by atoms with Gasteiger partial charge in [-0.25, -0.2) is 0 Å². The van der Waals surface area contributed by atoms with E-state index >= 15 is 0 Å². The zero-order chi connectivity index (χ0) is 13.1. The van der Waals surface area contributed by atoms with E-state index in [1.165, 1.54) is 7.11 Å². The molecule has 1 unspecified atom stereocenters. The number of fused-ring (bicyclic) bond motifs is 1. The SMILES string of the molecule is COCC(N)C(=O)N[C@H]1c2ccccc2C[C@H]1O. The number of ether oxygens (including phenoxy) is 1. The van der Waals surface area contributed by atoms with Crippen molar-refractivity contribution in [3.8, 4) is 0 Å².